The quantitative estimate of drug-likeness (QED) is 0.549. The van der Waals surface area contributed by atoms with Crippen molar-refractivity contribution in [3.63, 3.8) is 0 Å². The molecule has 0 unspecified atom stereocenters. The molecular formula is C9H10N2O2. The molecule has 0 aliphatic rings. The van der Waals surface area contributed by atoms with Gasteiger partial charge in [-0.1, -0.05) is 0 Å². The van der Waals surface area contributed by atoms with E-state index >= 15 is 0 Å². The minimum absolute atomic E-state index is 0.103. The zero-order valence-corrected chi connectivity index (χ0v) is 7.28. The highest BCUT2D eigenvalue weighted by Crippen LogP contribution is 2.11. The summed E-state index contributed by atoms with van der Waals surface area (Å²) in [5, 5.41) is 0. The average Bonchev–Trinajstić information content (AvgIpc) is 2.03. The van der Waals surface area contributed by atoms with Crippen LogP contribution in [0.2, 0.25) is 0 Å². The Hall–Kier alpha value is -1.71. The van der Waals surface area contributed by atoms with Crippen LogP contribution in [0.3, 0.4) is 0 Å². The van der Waals surface area contributed by atoms with Crippen molar-refractivity contribution >= 4 is 17.3 Å². The lowest BCUT2D eigenvalue weighted by Crippen LogP contribution is -2.07. The normalized spacial score (nSPS) is 9.62. The van der Waals surface area contributed by atoms with E-state index in [0.717, 1.165) is 0 Å². The molecule has 0 saturated carbocycles. The first-order valence-electron chi connectivity index (χ1n) is 3.83. The number of aromatic nitrogens is 1. The molecule has 0 radical (unpaired) electrons. The Morgan fingerprint density at radius 2 is 2.23 bits per heavy atom. The highest BCUT2D eigenvalue weighted by molar-refractivity contribution is 6.09. The lowest BCUT2D eigenvalue weighted by molar-refractivity contribution is -0.116. The zero-order valence-electron chi connectivity index (χ0n) is 7.28. The van der Waals surface area contributed by atoms with Gasteiger partial charge in [-0.05, 0) is 13.0 Å². The van der Waals surface area contributed by atoms with Crippen molar-refractivity contribution in [2.24, 2.45) is 0 Å². The summed E-state index contributed by atoms with van der Waals surface area (Å²) in [4.78, 5) is 25.8. The van der Waals surface area contributed by atoms with E-state index in [1.807, 2.05) is 0 Å². The molecule has 1 heterocycles. The molecule has 4 nitrogen and oxygen atoms in total. The summed E-state index contributed by atoms with van der Waals surface area (Å²) >= 11 is 0. The van der Waals surface area contributed by atoms with E-state index in [9.17, 15) is 9.59 Å². The number of hydrogen-bond donors (Lipinski definition) is 1. The van der Waals surface area contributed by atoms with Crippen molar-refractivity contribution in [3.05, 3.63) is 24.0 Å². The summed E-state index contributed by atoms with van der Waals surface area (Å²) in [6, 6.07) is 1.51. The van der Waals surface area contributed by atoms with Gasteiger partial charge < -0.3 is 5.73 Å². The predicted molar refractivity (Wildman–Crippen MR) is 48.3 cm³/mol. The summed E-state index contributed by atoms with van der Waals surface area (Å²) < 4.78 is 0. The van der Waals surface area contributed by atoms with Gasteiger partial charge in [0.2, 0.25) is 0 Å². The molecule has 0 fully saturated rings. The summed E-state index contributed by atoms with van der Waals surface area (Å²) in [7, 11) is 0. The molecule has 0 spiro atoms. The van der Waals surface area contributed by atoms with Crippen LogP contribution in [0.1, 0.15) is 23.7 Å². The second kappa shape index (κ2) is 3.80. The molecule has 0 amide bonds. The Labute approximate surface area is 75.8 Å². The van der Waals surface area contributed by atoms with Gasteiger partial charge >= 0.3 is 0 Å². The molecule has 13 heavy (non-hydrogen) atoms. The average molecular weight is 178 g/mol. The Bertz CT molecular complexity index is 347. The number of Topliss-reactive ketones (excluding diaryl/α,β-unsaturated/α-hetero) is 2. The Morgan fingerprint density at radius 3 is 2.77 bits per heavy atom. The molecule has 2 N–H and O–H groups in total. The summed E-state index contributed by atoms with van der Waals surface area (Å²) in [5.74, 6) is -0.423. The van der Waals surface area contributed by atoms with Crippen molar-refractivity contribution in [1.29, 1.82) is 0 Å². The maximum absolute atomic E-state index is 11.3. The number of hydrogen-bond acceptors (Lipinski definition) is 4. The largest absolute Gasteiger partial charge is 0.397 e. The monoisotopic (exact) mass is 178 g/mol. The lowest BCUT2D eigenvalue weighted by Gasteiger charge is -2.00. The van der Waals surface area contributed by atoms with Gasteiger partial charge in [0, 0.05) is 11.8 Å². The molecule has 0 aliphatic carbocycles. The Balaban J connectivity index is 2.89. The summed E-state index contributed by atoms with van der Waals surface area (Å²) in [5.41, 5.74) is 6.18. The molecule has 1 aromatic rings. The summed E-state index contributed by atoms with van der Waals surface area (Å²) in [6.07, 6.45) is 2.77. The van der Waals surface area contributed by atoms with E-state index in [0.29, 0.717) is 11.3 Å². The maximum Gasteiger partial charge on any atom is 0.172 e. The highest BCUT2D eigenvalue weighted by Gasteiger charge is 2.10. The van der Waals surface area contributed by atoms with Crippen LogP contribution in [0, 0.1) is 0 Å². The van der Waals surface area contributed by atoms with Gasteiger partial charge in [0.05, 0.1) is 18.3 Å². The minimum atomic E-state index is -0.257. The van der Waals surface area contributed by atoms with E-state index in [-0.39, 0.29) is 18.0 Å². The molecular weight excluding hydrogens is 168 g/mol. The smallest absolute Gasteiger partial charge is 0.172 e. The van der Waals surface area contributed by atoms with Crippen molar-refractivity contribution in [2.75, 3.05) is 5.73 Å². The van der Waals surface area contributed by atoms with Gasteiger partial charge in [-0.15, -0.1) is 0 Å². The van der Waals surface area contributed by atoms with Crippen LogP contribution in [0.25, 0.3) is 0 Å². The fourth-order valence-electron chi connectivity index (χ4n) is 0.982. The fourth-order valence-corrected chi connectivity index (χ4v) is 0.982. The van der Waals surface area contributed by atoms with Crippen molar-refractivity contribution < 1.29 is 9.59 Å². The third kappa shape index (κ3) is 2.37. The first-order valence-corrected chi connectivity index (χ1v) is 3.83. The number of carbonyl (C=O) groups is 2. The molecule has 0 saturated heterocycles. The minimum Gasteiger partial charge on any atom is -0.397 e. The number of pyridine rings is 1. The maximum atomic E-state index is 11.3. The van der Waals surface area contributed by atoms with Gasteiger partial charge in [-0.3, -0.25) is 14.6 Å². The predicted octanol–water partition coefficient (Wildman–Crippen LogP) is 0.826. The topological polar surface area (TPSA) is 73.0 Å². The standard InChI is InChI=1S/C9H10N2O2/c1-6(12)4-9(13)7-2-3-11-5-8(7)10/h2-3,5H,4,10H2,1H3. The molecule has 0 aliphatic heterocycles. The van der Waals surface area contributed by atoms with E-state index in [1.165, 1.54) is 25.4 Å². The first-order chi connectivity index (χ1) is 6.11. The van der Waals surface area contributed by atoms with E-state index < -0.39 is 0 Å². The number of nitrogens with zero attached hydrogens (tertiary/aromatic N) is 1. The van der Waals surface area contributed by atoms with Crippen molar-refractivity contribution in [2.45, 2.75) is 13.3 Å². The Kier molecular flexibility index (Phi) is 2.74. The number of nitrogen functional groups attached to an aromatic ring is 1. The molecule has 1 rings (SSSR count). The van der Waals surface area contributed by atoms with E-state index in [1.54, 1.807) is 0 Å². The SMILES string of the molecule is CC(=O)CC(=O)c1ccncc1N. The van der Waals surface area contributed by atoms with Crippen LogP contribution >= 0.6 is 0 Å². The van der Waals surface area contributed by atoms with Gasteiger partial charge in [0.1, 0.15) is 5.78 Å². The number of anilines is 1. The van der Waals surface area contributed by atoms with Crippen LogP contribution in [0.4, 0.5) is 5.69 Å². The van der Waals surface area contributed by atoms with E-state index in [4.69, 9.17) is 5.73 Å². The molecule has 0 bridgehead atoms. The zero-order chi connectivity index (χ0) is 9.84. The third-order valence-electron chi connectivity index (χ3n) is 1.56. The number of ketones is 2. The molecule has 4 heteroatoms. The van der Waals surface area contributed by atoms with Crippen molar-refractivity contribution in [3.8, 4) is 0 Å². The van der Waals surface area contributed by atoms with Crippen LogP contribution in [-0.2, 0) is 4.79 Å². The Morgan fingerprint density at radius 1 is 1.54 bits per heavy atom. The van der Waals surface area contributed by atoms with Gasteiger partial charge in [-0.2, -0.15) is 0 Å². The highest BCUT2D eigenvalue weighted by atomic mass is 16.1. The number of nitrogens with two attached hydrogens (primary N) is 1. The molecule has 0 aromatic carbocycles. The molecule has 0 atom stereocenters. The molecule has 1 aromatic heterocycles. The van der Waals surface area contributed by atoms with Gasteiger partial charge in [-0.25, -0.2) is 0 Å². The number of rotatable bonds is 3. The van der Waals surface area contributed by atoms with Crippen LogP contribution < -0.4 is 5.73 Å². The van der Waals surface area contributed by atoms with Crippen LogP contribution in [-0.4, -0.2) is 16.6 Å². The van der Waals surface area contributed by atoms with Crippen LogP contribution in [0.5, 0.6) is 0 Å². The fraction of sp³-hybridized carbons (Fsp3) is 0.222. The van der Waals surface area contributed by atoms with E-state index in [2.05, 4.69) is 4.98 Å². The summed E-state index contributed by atoms with van der Waals surface area (Å²) in [6.45, 7) is 1.37. The second-order valence-electron chi connectivity index (χ2n) is 2.76. The second-order valence-corrected chi connectivity index (χ2v) is 2.76. The lowest BCUT2D eigenvalue weighted by atomic mass is 10.1. The van der Waals surface area contributed by atoms with Crippen molar-refractivity contribution in [1.82, 2.24) is 4.98 Å². The third-order valence-corrected chi connectivity index (χ3v) is 1.56. The first kappa shape index (κ1) is 9.38. The van der Waals surface area contributed by atoms with Gasteiger partial charge in [0.25, 0.3) is 0 Å². The number of carbonyl (C=O) groups excluding carboxylic acids is 2. The van der Waals surface area contributed by atoms with Gasteiger partial charge in [0.15, 0.2) is 5.78 Å². The molecule has 68 valence electrons. The van der Waals surface area contributed by atoms with Crippen LogP contribution in [0.15, 0.2) is 18.5 Å².